The number of rotatable bonds is 6. The van der Waals surface area contributed by atoms with E-state index in [0.717, 1.165) is 10.7 Å². The van der Waals surface area contributed by atoms with E-state index in [1.165, 1.54) is 6.92 Å². The molecule has 0 bridgehead atoms. The fourth-order valence-corrected chi connectivity index (χ4v) is 1.55. The highest BCUT2D eigenvalue weighted by molar-refractivity contribution is 9.10. The summed E-state index contributed by atoms with van der Waals surface area (Å²) in [6.07, 6.45) is -4.41. The molecule has 0 aliphatic rings. The molecule has 0 amide bonds. The van der Waals surface area contributed by atoms with Crippen LogP contribution in [0, 0.1) is 0 Å². The molecule has 0 radical (unpaired) electrons. The fraction of sp³-hybridized carbons (Fsp3) is 0.417. The lowest BCUT2D eigenvalue weighted by molar-refractivity contribution is -0.0820. The fourth-order valence-electron chi connectivity index (χ4n) is 1.29. The lowest BCUT2D eigenvalue weighted by Gasteiger charge is -2.22. The van der Waals surface area contributed by atoms with E-state index in [1.807, 2.05) is 12.1 Å². The molecule has 0 spiro atoms. The molecule has 0 unspecified atom stereocenters. The van der Waals surface area contributed by atoms with E-state index in [4.69, 9.17) is 5.11 Å². The second kappa shape index (κ2) is 7.56. The van der Waals surface area contributed by atoms with Gasteiger partial charge in [-0.05, 0) is 31.2 Å². The average Bonchev–Trinajstić information content (AvgIpc) is 2.39. The average molecular weight is 333 g/mol. The first-order valence-corrected chi connectivity index (χ1v) is 6.48. The van der Waals surface area contributed by atoms with Gasteiger partial charge in [0.1, 0.15) is 18.3 Å². The van der Waals surface area contributed by atoms with E-state index >= 15 is 0 Å². The van der Waals surface area contributed by atoms with Gasteiger partial charge >= 0.3 is 0 Å². The lowest BCUT2D eigenvalue weighted by Crippen LogP contribution is -2.44. The predicted octanol–water partition coefficient (Wildman–Crippen LogP) is 0.310. The third-order valence-electron chi connectivity index (χ3n) is 2.46. The first-order chi connectivity index (χ1) is 8.91. The van der Waals surface area contributed by atoms with Crippen molar-refractivity contribution in [3.8, 4) is 0 Å². The molecule has 0 heterocycles. The molecule has 0 aliphatic heterocycles. The minimum absolute atomic E-state index is 0.706. The Morgan fingerprint density at radius 3 is 2.21 bits per heavy atom. The van der Waals surface area contributed by atoms with Gasteiger partial charge in [0, 0.05) is 4.47 Å². The van der Waals surface area contributed by atoms with Gasteiger partial charge in [-0.2, -0.15) is 5.10 Å². The van der Waals surface area contributed by atoms with E-state index < -0.39 is 24.4 Å². The van der Waals surface area contributed by atoms with Crippen LogP contribution in [0.2, 0.25) is 0 Å². The van der Waals surface area contributed by atoms with E-state index in [1.54, 1.807) is 12.1 Å². The smallest absolute Gasteiger partial charge is 0.119 e. The van der Waals surface area contributed by atoms with Gasteiger partial charge in [0.2, 0.25) is 0 Å². The number of hydrazone groups is 1. The zero-order valence-corrected chi connectivity index (χ0v) is 11.9. The van der Waals surface area contributed by atoms with Crippen molar-refractivity contribution < 1.29 is 20.4 Å². The van der Waals surface area contributed by atoms with Crippen LogP contribution in [0.25, 0.3) is 0 Å². The van der Waals surface area contributed by atoms with Gasteiger partial charge in [-0.3, -0.25) is 5.43 Å². The van der Waals surface area contributed by atoms with Crippen molar-refractivity contribution >= 4 is 27.8 Å². The first kappa shape index (κ1) is 16.1. The van der Waals surface area contributed by atoms with Crippen molar-refractivity contribution in [1.29, 1.82) is 0 Å². The topological polar surface area (TPSA) is 105 Å². The van der Waals surface area contributed by atoms with E-state index in [-0.39, 0.29) is 0 Å². The Balaban J connectivity index is 2.50. The number of aliphatic hydroxyl groups is 4. The molecule has 0 saturated carbocycles. The second-order valence-corrected chi connectivity index (χ2v) is 5.02. The second-order valence-electron chi connectivity index (χ2n) is 4.11. The summed E-state index contributed by atoms with van der Waals surface area (Å²) in [5, 5.41) is 41.2. The van der Waals surface area contributed by atoms with Crippen LogP contribution in [-0.2, 0) is 0 Å². The molecule has 6 nitrogen and oxygen atoms in total. The van der Waals surface area contributed by atoms with Crippen molar-refractivity contribution in [2.45, 2.75) is 31.3 Å². The van der Waals surface area contributed by atoms with Crippen LogP contribution in [0.1, 0.15) is 6.92 Å². The Morgan fingerprint density at radius 1 is 1.11 bits per heavy atom. The van der Waals surface area contributed by atoms with Crippen LogP contribution >= 0.6 is 15.9 Å². The number of anilines is 1. The van der Waals surface area contributed by atoms with E-state index in [9.17, 15) is 15.3 Å². The summed E-state index contributed by atoms with van der Waals surface area (Å²) in [6, 6.07) is 7.18. The normalized spacial score (nSPS) is 18.0. The molecule has 7 heteroatoms. The third kappa shape index (κ3) is 5.25. The van der Waals surface area contributed by atoms with Crippen molar-refractivity contribution in [3.05, 3.63) is 28.7 Å². The zero-order chi connectivity index (χ0) is 14.4. The number of nitrogens with one attached hydrogen (secondary N) is 1. The van der Waals surface area contributed by atoms with Gasteiger partial charge < -0.3 is 20.4 Å². The number of nitrogens with zero attached hydrogens (tertiary/aromatic N) is 1. The summed E-state index contributed by atoms with van der Waals surface area (Å²) in [5.41, 5.74) is 3.36. The van der Waals surface area contributed by atoms with E-state index in [0.29, 0.717) is 5.69 Å². The Morgan fingerprint density at radius 2 is 1.68 bits per heavy atom. The molecule has 0 saturated heterocycles. The van der Waals surface area contributed by atoms with Crippen LogP contribution in [0.15, 0.2) is 33.8 Å². The van der Waals surface area contributed by atoms with Crippen LogP contribution in [0.3, 0.4) is 0 Å². The maximum Gasteiger partial charge on any atom is 0.119 e. The standard InChI is InChI=1S/C12H17BrN2O4/c1-7(16)11(18)12(19)10(17)6-14-15-9-4-2-8(13)3-5-9/h2-7,10-12,15-19H,1H3/b14-6+/t7-,10-,11-,12-/m0/s1. The quantitative estimate of drug-likeness (QED) is 0.381. The van der Waals surface area contributed by atoms with Gasteiger partial charge in [0.05, 0.1) is 18.0 Å². The minimum atomic E-state index is -1.50. The monoisotopic (exact) mass is 332 g/mol. The van der Waals surface area contributed by atoms with Crippen molar-refractivity contribution in [2.75, 3.05) is 5.43 Å². The van der Waals surface area contributed by atoms with Crippen LogP contribution in [0.5, 0.6) is 0 Å². The third-order valence-corrected chi connectivity index (χ3v) is 2.99. The molecule has 1 aromatic carbocycles. The molecule has 0 aliphatic carbocycles. The highest BCUT2D eigenvalue weighted by Crippen LogP contribution is 2.13. The van der Waals surface area contributed by atoms with Crippen molar-refractivity contribution in [2.24, 2.45) is 5.10 Å². The summed E-state index contributed by atoms with van der Waals surface area (Å²) in [4.78, 5) is 0. The Kier molecular flexibility index (Phi) is 6.40. The lowest BCUT2D eigenvalue weighted by atomic mass is 10.1. The minimum Gasteiger partial charge on any atom is -0.391 e. The molecule has 1 aromatic rings. The van der Waals surface area contributed by atoms with Gasteiger partial charge in [0.15, 0.2) is 0 Å². The number of hydrogen-bond acceptors (Lipinski definition) is 6. The molecule has 0 aromatic heterocycles. The Hall–Kier alpha value is -0.990. The highest BCUT2D eigenvalue weighted by Gasteiger charge is 2.26. The molecule has 106 valence electrons. The summed E-state index contributed by atoms with van der Waals surface area (Å²) >= 11 is 3.29. The molecule has 5 N–H and O–H groups in total. The molecule has 4 atom stereocenters. The van der Waals surface area contributed by atoms with Crippen molar-refractivity contribution in [1.82, 2.24) is 0 Å². The van der Waals surface area contributed by atoms with Crippen LogP contribution < -0.4 is 5.43 Å². The SMILES string of the molecule is C[C@H](O)[C@H](O)[C@@H](O)[C@@H](O)/C=N/Nc1ccc(Br)cc1. The van der Waals surface area contributed by atoms with E-state index in [2.05, 4.69) is 26.5 Å². The molecular weight excluding hydrogens is 316 g/mol. The molecule has 19 heavy (non-hydrogen) atoms. The zero-order valence-electron chi connectivity index (χ0n) is 10.3. The molecular formula is C12H17BrN2O4. The number of benzene rings is 1. The summed E-state index contributed by atoms with van der Waals surface area (Å²) in [7, 11) is 0. The maximum atomic E-state index is 9.54. The highest BCUT2D eigenvalue weighted by atomic mass is 79.9. The summed E-state index contributed by atoms with van der Waals surface area (Å²) in [5.74, 6) is 0. The van der Waals surface area contributed by atoms with Gasteiger partial charge in [0.25, 0.3) is 0 Å². The largest absolute Gasteiger partial charge is 0.391 e. The Bertz CT molecular complexity index is 411. The predicted molar refractivity (Wildman–Crippen MR) is 76.0 cm³/mol. The van der Waals surface area contributed by atoms with Crippen LogP contribution in [-0.4, -0.2) is 51.1 Å². The number of halogens is 1. The number of hydrogen-bond donors (Lipinski definition) is 5. The molecule has 1 rings (SSSR count). The van der Waals surface area contributed by atoms with Gasteiger partial charge in [-0.15, -0.1) is 0 Å². The maximum absolute atomic E-state index is 9.54. The first-order valence-electron chi connectivity index (χ1n) is 5.69. The molecule has 0 fully saturated rings. The van der Waals surface area contributed by atoms with Crippen molar-refractivity contribution in [3.63, 3.8) is 0 Å². The van der Waals surface area contributed by atoms with Gasteiger partial charge in [-0.25, -0.2) is 0 Å². The number of aliphatic hydroxyl groups excluding tert-OH is 4. The summed E-state index contributed by atoms with van der Waals surface area (Å²) < 4.78 is 0.928. The summed E-state index contributed by atoms with van der Waals surface area (Å²) in [6.45, 7) is 1.32. The Labute approximate surface area is 119 Å². The van der Waals surface area contributed by atoms with Gasteiger partial charge in [-0.1, -0.05) is 15.9 Å². The van der Waals surface area contributed by atoms with Crippen LogP contribution in [0.4, 0.5) is 5.69 Å².